The predicted octanol–water partition coefficient (Wildman–Crippen LogP) is 1.62. The highest BCUT2D eigenvalue weighted by molar-refractivity contribution is 5.95. The molecule has 0 saturated carbocycles. The third kappa shape index (κ3) is 3.81. The summed E-state index contributed by atoms with van der Waals surface area (Å²) in [5.74, 6) is 0.253. The Balaban J connectivity index is 1.70. The van der Waals surface area contributed by atoms with E-state index in [4.69, 9.17) is 4.74 Å². The van der Waals surface area contributed by atoms with Crippen LogP contribution in [0.25, 0.3) is 5.69 Å². The van der Waals surface area contributed by atoms with Crippen molar-refractivity contribution in [2.45, 2.75) is 25.8 Å². The second-order valence-corrected chi connectivity index (χ2v) is 6.08. The van der Waals surface area contributed by atoms with Crippen LogP contribution in [-0.4, -0.2) is 52.7 Å². The Morgan fingerprint density at radius 3 is 2.48 bits per heavy atom. The number of ether oxygens (including phenoxy) is 1. The Kier molecular flexibility index (Phi) is 5.02. The van der Waals surface area contributed by atoms with Gasteiger partial charge in [0.05, 0.1) is 19.0 Å². The molecule has 7 nitrogen and oxygen atoms in total. The van der Waals surface area contributed by atoms with E-state index in [1.807, 2.05) is 30.3 Å². The van der Waals surface area contributed by atoms with Gasteiger partial charge in [-0.1, -0.05) is 18.2 Å². The number of benzene rings is 1. The first-order valence-electron chi connectivity index (χ1n) is 8.34. The van der Waals surface area contributed by atoms with E-state index in [-0.39, 0.29) is 23.6 Å². The summed E-state index contributed by atoms with van der Waals surface area (Å²) in [4.78, 5) is 25.8. The second kappa shape index (κ2) is 7.38. The Morgan fingerprint density at radius 2 is 1.88 bits per heavy atom. The number of hydrogen-bond acceptors (Lipinski definition) is 4. The fraction of sp³-hybridized carbons (Fsp3) is 0.389. The number of rotatable bonds is 4. The molecule has 0 atom stereocenters. The van der Waals surface area contributed by atoms with Crippen molar-refractivity contribution in [2.75, 3.05) is 20.2 Å². The fourth-order valence-corrected chi connectivity index (χ4v) is 2.97. The number of carbonyl (C=O) groups is 2. The molecule has 0 bridgehead atoms. The first kappa shape index (κ1) is 17.0. The minimum absolute atomic E-state index is 0.0367. The highest BCUT2D eigenvalue weighted by Gasteiger charge is 2.25. The third-order valence-corrected chi connectivity index (χ3v) is 4.41. The maximum atomic E-state index is 12.6. The summed E-state index contributed by atoms with van der Waals surface area (Å²) >= 11 is 0. The molecule has 1 fully saturated rings. The topological polar surface area (TPSA) is 76.5 Å². The zero-order valence-corrected chi connectivity index (χ0v) is 14.4. The number of amides is 2. The fourth-order valence-electron chi connectivity index (χ4n) is 2.97. The smallest absolute Gasteiger partial charge is 0.275 e. The lowest BCUT2D eigenvalue weighted by atomic mass is 10.0. The number of carbonyl (C=O) groups excluding carboxylic acids is 2. The van der Waals surface area contributed by atoms with Crippen LogP contribution in [0.2, 0.25) is 0 Å². The Labute approximate surface area is 146 Å². The van der Waals surface area contributed by atoms with Crippen molar-refractivity contribution < 1.29 is 14.3 Å². The highest BCUT2D eigenvalue weighted by Crippen LogP contribution is 2.20. The monoisotopic (exact) mass is 342 g/mol. The Hall–Kier alpha value is -2.83. The van der Waals surface area contributed by atoms with Gasteiger partial charge in [-0.15, -0.1) is 0 Å². The van der Waals surface area contributed by atoms with Crippen LogP contribution in [0, 0.1) is 0 Å². The minimum atomic E-state index is -0.257. The van der Waals surface area contributed by atoms with Gasteiger partial charge in [0, 0.05) is 26.1 Å². The lowest BCUT2D eigenvalue weighted by molar-refractivity contribution is -0.129. The first-order valence-corrected chi connectivity index (χ1v) is 8.34. The third-order valence-electron chi connectivity index (χ3n) is 4.41. The molecule has 1 saturated heterocycles. The van der Waals surface area contributed by atoms with Crippen molar-refractivity contribution in [2.24, 2.45) is 0 Å². The molecule has 3 rings (SSSR count). The van der Waals surface area contributed by atoms with Crippen LogP contribution in [0.15, 0.2) is 36.5 Å². The van der Waals surface area contributed by atoms with Crippen molar-refractivity contribution in [1.29, 1.82) is 0 Å². The zero-order chi connectivity index (χ0) is 17.8. The van der Waals surface area contributed by atoms with Gasteiger partial charge in [-0.3, -0.25) is 9.59 Å². The molecule has 7 heteroatoms. The number of methoxy groups -OCH3 is 1. The first-order chi connectivity index (χ1) is 12.1. The van der Waals surface area contributed by atoms with E-state index in [1.54, 1.807) is 22.7 Å². The van der Waals surface area contributed by atoms with Crippen molar-refractivity contribution in [1.82, 2.24) is 20.0 Å². The molecule has 1 aromatic heterocycles. The SMILES string of the molecule is COc1cn(-c2ccccc2)nc1C(=O)NC1CCN(C(C)=O)CC1. The van der Waals surface area contributed by atoms with Gasteiger partial charge in [0.1, 0.15) is 0 Å². The van der Waals surface area contributed by atoms with Crippen LogP contribution in [-0.2, 0) is 4.79 Å². The molecule has 1 aliphatic rings. The van der Waals surface area contributed by atoms with Crippen LogP contribution in [0.3, 0.4) is 0 Å². The van der Waals surface area contributed by atoms with Crippen LogP contribution in [0.4, 0.5) is 0 Å². The molecule has 2 aromatic rings. The molecule has 1 aromatic carbocycles. The van der Waals surface area contributed by atoms with Crippen molar-refractivity contribution in [3.05, 3.63) is 42.2 Å². The van der Waals surface area contributed by atoms with Gasteiger partial charge in [0.2, 0.25) is 5.91 Å². The van der Waals surface area contributed by atoms with E-state index < -0.39 is 0 Å². The van der Waals surface area contributed by atoms with Gasteiger partial charge in [-0.25, -0.2) is 4.68 Å². The van der Waals surface area contributed by atoms with E-state index in [1.165, 1.54) is 7.11 Å². The molecule has 1 aliphatic heterocycles. The Bertz CT molecular complexity index is 749. The normalized spacial score (nSPS) is 15.0. The summed E-state index contributed by atoms with van der Waals surface area (Å²) in [5, 5.41) is 7.38. The number of nitrogens with one attached hydrogen (secondary N) is 1. The molecule has 2 heterocycles. The summed E-state index contributed by atoms with van der Waals surface area (Å²) in [6.45, 7) is 2.89. The summed E-state index contributed by atoms with van der Waals surface area (Å²) in [7, 11) is 1.52. The molecular formula is C18H22N4O3. The van der Waals surface area contributed by atoms with Crippen molar-refractivity contribution >= 4 is 11.8 Å². The number of piperidine rings is 1. The molecular weight excluding hydrogens is 320 g/mol. The predicted molar refractivity (Wildman–Crippen MR) is 92.9 cm³/mol. The summed E-state index contributed by atoms with van der Waals surface area (Å²) in [6.07, 6.45) is 3.18. The number of aromatic nitrogens is 2. The standard InChI is InChI=1S/C18H22N4O3/c1-13(23)21-10-8-14(9-11-21)19-18(24)17-16(25-2)12-22(20-17)15-6-4-3-5-7-15/h3-7,12,14H,8-11H2,1-2H3,(H,19,24). The summed E-state index contributed by atoms with van der Waals surface area (Å²) in [5.41, 5.74) is 1.12. The van der Waals surface area contributed by atoms with Crippen molar-refractivity contribution in [3.63, 3.8) is 0 Å². The molecule has 0 aliphatic carbocycles. The van der Waals surface area contributed by atoms with Gasteiger partial charge in [0.15, 0.2) is 11.4 Å². The van der Waals surface area contributed by atoms with Gasteiger partial charge in [0.25, 0.3) is 5.91 Å². The number of likely N-dealkylation sites (tertiary alicyclic amines) is 1. The van der Waals surface area contributed by atoms with E-state index in [0.717, 1.165) is 18.5 Å². The Morgan fingerprint density at radius 1 is 1.20 bits per heavy atom. The van der Waals surface area contributed by atoms with E-state index in [9.17, 15) is 9.59 Å². The van der Waals surface area contributed by atoms with Crippen LogP contribution < -0.4 is 10.1 Å². The van der Waals surface area contributed by atoms with Crippen molar-refractivity contribution in [3.8, 4) is 11.4 Å². The summed E-state index contributed by atoms with van der Waals surface area (Å²) < 4.78 is 6.94. The van der Waals surface area contributed by atoms with Gasteiger partial charge in [-0.2, -0.15) is 5.10 Å². The molecule has 2 amide bonds. The van der Waals surface area contributed by atoms with Gasteiger partial charge >= 0.3 is 0 Å². The number of para-hydroxylation sites is 1. The average Bonchev–Trinajstić information content (AvgIpc) is 3.07. The number of nitrogens with zero attached hydrogens (tertiary/aromatic N) is 3. The maximum absolute atomic E-state index is 12.6. The van der Waals surface area contributed by atoms with E-state index in [0.29, 0.717) is 18.8 Å². The number of hydrogen-bond donors (Lipinski definition) is 1. The summed E-state index contributed by atoms with van der Waals surface area (Å²) in [6, 6.07) is 9.59. The molecule has 0 unspecified atom stereocenters. The van der Waals surface area contributed by atoms with Crippen LogP contribution in [0.1, 0.15) is 30.3 Å². The van der Waals surface area contributed by atoms with E-state index >= 15 is 0 Å². The largest absolute Gasteiger partial charge is 0.493 e. The minimum Gasteiger partial charge on any atom is -0.493 e. The van der Waals surface area contributed by atoms with Gasteiger partial charge in [-0.05, 0) is 25.0 Å². The molecule has 25 heavy (non-hydrogen) atoms. The highest BCUT2D eigenvalue weighted by atomic mass is 16.5. The van der Waals surface area contributed by atoms with Crippen LogP contribution >= 0.6 is 0 Å². The lowest BCUT2D eigenvalue weighted by Gasteiger charge is -2.31. The molecule has 0 spiro atoms. The molecule has 0 radical (unpaired) electrons. The second-order valence-electron chi connectivity index (χ2n) is 6.08. The lowest BCUT2D eigenvalue weighted by Crippen LogP contribution is -2.46. The molecule has 132 valence electrons. The van der Waals surface area contributed by atoms with Gasteiger partial charge < -0.3 is 15.0 Å². The zero-order valence-electron chi connectivity index (χ0n) is 14.4. The average molecular weight is 342 g/mol. The molecule has 1 N–H and O–H groups in total. The quantitative estimate of drug-likeness (QED) is 0.916. The van der Waals surface area contributed by atoms with E-state index in [2.05, 4.69) is 10.4 Å². The van der Waals surface area contributed by atoms with Crippen LogP contribution in [0.5, 0.6) is 5.75 Å². The maximum Gasteiger partial charge on any atom is 0.275 e.